The molecule has 1 unspecified atom stereocenters. The number of nitrogens with one attached hydrogen (secondary N) is 1. The topological polar surface area (TPSA) is 55.9 Å². The monoisotopic (exact) mass is 256 g/mol. The van der Waals surface area contributed by atoms with Crippen molar-refractivity contribution in [3.8, 4) is 0 Å². The lowest BCUT2D eigenvalue weighted by molar-refractivity contribution is 0.639. The highest BCUT2D eigenvalue weighted by atomic mass is 35.5. The maximum absolute atomic E-state index is 5.92. The molecule has 2 aromatic rings. The van der Waals surface area contributed by atoms with Crippen molar-refractivity contribution in [2.75, 3.05) is 0 Å². The molecule has 0 radical (unpaired) electrons. The smallest absolute Gasteiger partial charge is 0.0931 e. The summed E-state index contributed by atoms with van der Waals surface area (Å²) in [6, 6.07) is 3.80. The molecule has 0 saturated carbocycles. The van der Waals surface area contributed by atoms with E-state index in [0.29, 0.717) is 0 Å². The fraction of sp³-hybridized carbons (Fsp3) is 0.300. The molecule has 16 heavy (non-hydrogen) atoms. The summed E-state index contributed by atoms with van der Waals surface area (Å²) in [5.74, 6) is 5.60. The Hall–Kier alpha value is -0.880. The number of halogens is 1. The van der Waals surface area contributed by atoms with E-state index in [1.807, 2.05) is 37.0 Å². The summed E-state index contributed by atoms with van der Waals surface area (Å²) in [6.45, 7) is 2.02. The van der Waals surface area contributed by atoms with Crippen molar-refractivity contribution in [3.05, 3.63) is 38.8 Å². The number of hydrazine groups is 1. The summed E-state index contributed by atoms with van der Waals surface area (Å²) in [5.41, 5.74) is 4.96. The molecule has 2 heterocycles. The van der Waals surface area contributed by atoms with Crippen LogP contribution >= 0.6 is 22.9 Å². The van der Waals surface area contributed by atoms with E-state index in [1.165, 1.54) is 11.3 Å². The van der Waals surface area contributed by atoms with Gasteiger partial charge in [0.05, 0.1) is 16.6 Å². The van der Waals surface area contributed by atoms with Crippen LogP contribution in [0.1, 0.15) is 22.2 Å². The Morgan fingerprint density at radius 1 is 1.56 bits per heavy atom. The van der Waals surface area contributed by atoms with Crippen molar-refractivity contribution in [1.82, 2.24) is 15.2 Å². The first-order valence-electron chi connectivity index (χ1n) is 4.83. The minimum atomic E-state index is -0.0498. The van der Waals surface area contributed by atoms with Crippen LogP contribution < -0.4 is 11.3 Å². The molecule has 2 rings (SSSR count). The molecule has 3 N–H and O–H groups in total. The average molecular weight is 257 g/mol. The lowest BCUT2D eigenvalue weighted by atomic mass is 10.1. The van der Waals surface area contributed by atoms with Crippen LogP contribution in [0, 0.1) is 6.92 Å². The van der Waals surface area contributed by atoms with Crippen LogP contribution in [0.3, 0.4) is 0 Å². The first kappa shape index (κ1) is 11.6. The Morgan fingerprint density at radius 2 is 2.31 bits per heavy atom. The average Bonchev–Trinajstić information content (AvgIpc) is 2.81. The molecule has 0 spiro atoms. The van der Waals surface area contributed by atoms with Gasteiger partial charge in [0.2, 0.25) is 0 Å². The lowest BCUT2D eigenvalue weighted by Gasteiger charge is -2.13. The molecule has 0 amide bonds. The van der Waals surface area contributed by atoms with E-state index < -0.39 is 0 Å². The molecule has 0 aromatic carbocycles. The second-order valence-electron chi connectivity index (χ2n) is 3.55. The van der Waals surface area contributed by atoms with Crippen LogP contribution in [0.25, 0.3) is 0 Å². The van der Waals surface area contributed by atoms with Crippen LogP contribution in [0.5, 0.6) is 0 Å². The second kappa shape index (κ2) is 4.55. The van der Waals surface area contributed by atoms with Gasteiger partial charge in [-0.2, -0.15) is 5.10 Å². The molecule has 4 nitrogen and oxygen atoms in total. The zero-order valence-electron chi connectivity index (χ0n) is 9.07. The number of thiophene rings is 1. The van der Waals surface area contributed by atoms with Crippen molar-refractivity contribution < 1.29 is 0 Å². The normalized spacial score (nSPS) is 13.0. The molecule has 86 valence electrons. The Kier molecular flexibility index (Phi) is 3.30. The van der Waals surface area contributed by atoms with Crippen molar-refractivity contribution in [3.63, 3.8) is 0 Å². The highest BCUT2D eigenvalue weighted by Gasteiger charge is 2.18. The van der Waals surface area contributed by atoms with E-state index in [0.717, 1.165) is 20.5 Å². The van der Waals surface area contributed by atoms with Crippen LogP contribution in [-0.4, -0.2) is 9.78 Å². The van der Waals surface area contributed by atoms with Crippen LogP contribution in [0.2, 0.25) is 4.34 Å². The van der Waals surface area contributed by atoms with E-state index in [1.54, 1.807) is 0 Å². The summed E-state index contributed by atoms with van der Waals surface area (Å²) in [4.78, 5) is 1.09. The third kappa shape index (κ3) is 1.99. The molecule has 0 fully saturated rings. The fourth-order valence-electron chi connectivity index (χ4n) is 1.61. The van der Waals surface area contributed by atoms with E-state index in [4.69, 9.17) is 17.4 Å². The highest BCUT2D eigenvalue weighted by Crippen LogP contribution is 2.31. The number of hydrogen-bond acceptors (Lipinski definition) is 4. The molecule has 0 saturated heterocycles. The van der Waals surface area contributed by atoms with Gasteiger partial charge >= 0.3 is 0 Å². The van der Waals surface area contributed by atoms with Gasteiger partial charge in [-0.25, -0.2) is 5.43 Å². The second-order valence-corrected chi connectivity index (χ2v) is 5.30. The maximum Gasteiger partial charge on any atom is 0.0931 e. The van der Waals surface area contributed by atoms with E-state index in [2.05, 4.69) is 10.5 Å². The summed E-state index contributed by atoms with van der Waals surface area (Å²) in [5, 5.41) is 4.21. The van der Waals surface area contributed by atoms with Crippen LogP contribution in [-0.2, 0) is 7.05 Å². The van der Waals surface area contributed by atoms with Crippen molar-refractivity contribution >= 4 is 22.9 Å². The fourth-order valence-corrected chi connectivity index (χ4v) is 2.75. The molecule has 0 aliphatic carbocycles. The van der Waals surface area contributed by atoms with Gasteiger partial charge in [0, 0.05) is 23.2 Å². The molecule has 2 aromatic heterocycles. The van der Waals surface area contributed by atoms with Gasteiger partial charge in [0.1, 0.15) is 0 Å². The number of hydrogen-bond donors (Lipinski definition) is 2. The highest BCUT2D eigenvalue weighted by molar-refractivity contribution is 7.16. The van der Waals surface area contributed by atoms with Crippen molar-refractivity contribution in [2.45, 2.75) is 13.0 Å². The van der Waals surface area contributed by atoms with Crippen LogP contribution in [0.4, 0.5) is 0 Å². The molecular formula is C10H13ClN4S. The van der Waals surface area contributed by atoms with Gasteiger partial charge in [-0.1, -0.05) is 11.6 Å². The third-order valence-corrected chi connectivity index (χ3v) is 3.93. The van der Waals surface area contributed by atoms with E-state index in [-0.39, 0.29) is 6.04 Å². The quantitative estimate of drug-likeness (QED) is 0.652. The number of aromatic nitrogens is 2. The first-order chi connectivity index (χ1) is 7.63. The largest absolute Gasteiger partial charge is 0.273 e. The SMILES string of the molecule is Cc1c(C(NN)c2ccc(Cl)s2)cnn1C. The summed E-state index contributed by atoms with van der Waals surface area (Å²) < 4.78 is 2.59. The number of nitrogens with zero attached hydrogens (tertiary/aromatic N) is 2. The summed E-state index contributed by atoms with van der Waals surface area (Å²) in [7, 11) is 1.91. The number of rotatable bonds is 3. The predicted molar refractivity (Wildman–Crippen MR) is 66.4 cm³/mol. The van der Waals surface area contributed by atoms with Crippen molar-refractivity contribution in [2.24, 2.45) is 12.9 Å². The van der Waals surface area contributed by atoms with Crippen LogP contribution in [0.15, 0.2) is 18.3 Å². The van der Waals surface area contributed by atoms with Crippen molar-refractivity contribution in [1.29, 1.82) is 0 Å². The first-order valence-corrected chi connectivity index (χ1v) is 6.02. The number of aryl methyl sites for hydroxylation is 1. The Bertz CT molecular complexity index is 491. The van der Waals surface area contributed by atoms with Gasteiger partial charge in [0.25, 0.3) is 0 Å². The standard InChI is InChI=1S/C10H13ClN4S/c1-6-7(5-13-15(6)2)10(14-12)8-3-4-9(11)16-8/h3-5,10,14H,12H2,1-2H3. The molecule has 1 atom stereocenters. The van der Waals surface area contributed by atoms with Gasteiger partial charge in [0.15, 0.2) is 0 Å². The molecule has 0 bridgehead atoms. The number of nitrogens with two attached hydrogens (primary N) is 1. The third-order valence-electron chi connectivity index (χ3n) is 2.63. The van der Waals surface area contributed by atoms with Gasteiger partial charge in [-0.05, 0) is 19.1 Å². The predicted octanol–water partition coefficient (Wildman–Crippen LogP) is 2.00. The minimum Gasteiger partial charge on any atom is -0.273 e. The van der Waals surface area contributed by atoms with Gasteiger partial charge < -0.3 is 0 Å². The summed E-state index contributed by atoms with van der Waals surface area (Å²) >= 11 is 7.44. The van der Waals surface area contributed by atoms with E-state index >= 15 is 0 Å². The zero-order chi connectivity index (χ0) is 11.7. The molecular weight excluding hydrogens is 244 g/mol. The Balaban J connectivity index is 2.40. The molecule has 0 aliphatic heterocycles. The molecule has 0 aliphatic rings. The lowest BCUT2D eigenvalue weighted by Crippen LogP contribution is -2.28. The maximum atomic E-state index is 5.92. The molecule has 6 heteroatoms. The Labute approximate surface area is 103 Å². The summed E-state index contributed by atoms with van der Waals surface area (Å²) in [6.07, 6.45) is 1.83. The van der Waals surface area contributed by atoms with Gasteiger partial charge in [-0.3, -0.25) is 10.5 Å². The van der Waals surface area contributed by atoms with E-state index in [9.17, 15) is 0 Å². The minimum absolute atomic E-state index is 0.0498. The Morgan fingerprint density at radius 3 is 2.75 bits per heavy atom. The van der Waals surface area contributed by atoms with Gasteiger partial charge in [-0.15, -0.1) is 11.3 Å². The zero-order valence-corrected chi connectivity index (χ0v) is 10.6.